The second-order valence-corrected chi connectivity index (χ2v) is 12.7. The van der Waals surface area contributed by atoms with Crippen molar-refractivity contribution in [2.75, 3.05) is 39.4 Å². The largest absolute Gasteiger partial charge is 0.466 e. The lowest BCUT2D eigenvalue weighted by Crippen LogP contribution is -2.54. The molecule has 3 N–H and O–H groups in total. The third-order valence-electron chi connectivity index (χ3n) is 7.83. The van der Waals surface area contributed by atoms with E-state index in [2.05, 4.69) is 39.4 Å². The van der Waals surface area contributed by atoms with E-state index < -0.39 is 17.6 Å². The molecule has 4 rings (SSSR count). The number of nitrogens with two attached hydrogens (primary N) is 1. The van der Waals surface area contributed by atoms with Gasteiger partial charge in [-0.2, -0.15) is 0 Å². The molecule has 2 aliphatic rings. The molecule has 2 unspecified atom stereocenters. The number of rotatable bonds is 9. The Hall–Kier alpha value is -3.47. The third-order valence-corrected chi connectivity index (χ3v) is 7.83. The molecule has 2 aliphatic heterocycles. The number of piperidine rings is 2. The molecule has 0 aliphatic carbocycles. The van der Waals surface area contributed by atoms with Crippen molar-refractivity contribution in [1.82, 2.24) is 15.1 Å². The molecule has 2 saturated heterocycles. The number of amides is 1. The van der Waals surface area contributed by atoms with E-state index in [0.717, 1.165) is 32.6 Å². The zero-order valence-corrected chi connectivity index (χ0v) is 27.6. The topological polar surface area (TPSA) is 123 Å². The standard InChI is InChI=1S/C20H30N2O4.C15H22N2O2/c1-5-25-18(23)16-14-22(13-15-9-7-6-8-10-15)12-11-17(16)21-19(24)26-20(2,3)4;1-2-19-15(18)13-11-17(9-8-14(13)16)10-12-6-4-3-5-7-12/h6-10,16-17H,5,11-14H2,1-4H3,(H,21,24);3-7,13-14H,2,8-11,16H2,1H3/t16-,17-;/m1./s1. The maximum Gasteiger partial charge on any atom is 0.407 e. The van der Waals surface area contributed by atoms with E-state index in [4.69, 9.17) is 19.9 Å². The Balaban J connectivity index is 0.000000257. The van der Waals surface area contributed by atoms with Crippen LogP contribution >= 0.6 is 0 Å². The van der Waals surface area contributed by atoms with Crippen molar-refractivity contribution in [3.05, 3.63) is 71.8 Å². The summed E-state index contributed by atoms with van der Waals surface area (Å²) in [5.41, 5.74) is 7.93. The van der Waals surface area contributed by atoms with Crippen LogP contribution in [0.5, 0.6) is 0 Å². The van der Waals surface area contributed by atoms with Crippen molar-refractivity contribution in [1.29, 1.82) is 0 Å². The lowest BCUT2D eigenvalue weighted by atomic mass is 9.91. The van der Waals surface area contributed by atoms with Gasteiger partial charge in [-0.15, -0.1) is 0 Å². The van der Waals surface area contributed by atoms with E-state index in [1.807, 2.05) is 64.1 Å². The number of carbonyl (C=O) groups excluding carboxylic acids is 3. The maximum absolute atomic E-state index is 12.4. The van der Waals surface area contributed by atoms with Gasteiger partial charge in [0.1, 0.15) is 5.60 Å². The molecule has 2 aromatic rings. The Kier molecular flexibility index (Phi) is 14.3. The first-order chi connectivity index (χ1) is 21.5. The summed E-state index contributed by atoms with van der Waals surface area (Å²) < 4.78 is 15.7. The molecule has 10 heteroatoms. The number of ether oxygens (including phenoxy) is 3. The van der Waals surface area contributed by atoms with Crippen molar-refractivity contribution in [2.24, 2.45) is 17.6 Å². The van der Waals surface area contributed by atoms with Gasteiger partial charge < -0.3 is 25.3 Å². The Morgan fingerprint density at radius 2 is 1.24 bits per heavy atom. The van der Waals surface area contributed by atoms with Crippen LogP contribution < -0.4 is 11.1 Å². The highest BCUT2D eigenvalue weighted by molar-refractivity contribution is 5.76. The minimum Gasteiger partial charge on any atom is -0.466 e. The highest BCUT2D eigenvalue weighted by Gasteiger charge is 2.37. The summed E-state index contributed by atoms with van der Waals surface area (Å²) in [5.74, 6) is -1.03. The first kappa shape index (κ1) is 36.0. The summed E-state index contributed by atoms with van der Waals surface area (Å²) in [7, 11) is 0. The van der Waals surface area contributed by atoms with Crippen molar-refractivity contribution >= 4 is 18.0 Å². The molecule has 4 atom stereocenters. The lowest BCUT2D eigenvalue weighted by Gasteiger charge is -2.37. The zero-order chi connectivity index (χ0) is 32.8. The number of nitrogens with zero attached hydrogens (tertiary/aromatic N) is 2. The molecule has 1 amide bonds. The van der Waals surface area contributed by atoms with Crippen molar-refractivity contribution in [3.63, 3.8) is 0 Å². The van der Waals surface area contributed by atoms with Gasteiger partial charge in [-0.1, -0.05) is 60.7 Å². The number of nitrogens with one attached hydrogen (secondary N) is 1. The van der Waals surface area contributed by atoms with Crippen LogP contribution in [0.3, 0.4) is 0 Å². The van der Waals surface area contributed by atoms with Crippen molar-refractivity contribution < 1.29 is 28.6 Å². The fraction of sp³-hybridized carbons (Fsp3) is 0.571. The molecule has 248 valence electrons. The van der Waals surface area contributed by atoms with Crippen LogP contribution in [0.1, 0.15) is 58.6 Å². The molecule has 2 heterocycles. The monoisotopic (exact) mass is 624 g/mol. The van der Waals surface area contributed by atoms with Crippen LogP contribution in [0.15, 0.2) is 60.7 Å². The molecule has 2 aromatic carbocycles. The number of hydrogen-bond donors (Lipinski definition) is 2. The molecule has 0 bridgehead atoms. The number of benzene rings is 2. The number of carbonyl (C=O) groups is 3. The molecule has 2 fully saturated rings. The van der Waals surface area contributed by atoms with Gasteiger partial charge in [0, 0.05) is 51.4 Å². The van der Waals surface area contributed by atoms with E-state index in [-0.39, 0.29) is 29.9 Å². The fourth-order valence-electron chi connectivity index (χ4n) is 5.65. The van der Waals surface area contributed by atoms with Crippen molar-refractivity contribution in [3.8, 4) is 0 Å². The van der Waals surface area contributed by atoms with Crippen LogP contribution in [0.25, 0.3) is 0 Å². The highest BCUT2D eigenvalue weighted by atomic mass is 16.6. The minimum atomic E-state index is -0.572. The third kappa shape index (κ3) is 12.4. The van der Waals surface area contributed by atoms with Crippen LogP contribution in [0, 0.1) is 11.8 Å². The van der Waals surface area contributed by atoms with Crippen LogP contribution in [-0.2, 0) is 36.9 Å². The average molecular weight is 625 g/mol. The predicted molar refractivity (Wildman–Crippen MR) is 174 cm³/mol. The van der Waals surface area contributed by atoms with Gasteiger partial charge in [0.15, 0.2) is 0 Å². The summed E-state index contributed by atoms with van der Waals surface area (Å²) in [6.45, 7) is 14.4. The van der Waals surface area contributed by atoms with Gasteiger partial charge in [0.05, 0.1) is 25.0 Å². The van der Waals surface area contributed by atoms with E-state index in [9.17, 15) is 14.4 Å². The SMILES string of the molecule is CCOC(=O)C1CN(Cc2ccccc2)CCC1N.CCOC(=O)[C@@H]1CN(Cc2ccccc2)CC[C@H]1NC(=O)OC(C)(C)C. The van der Waals surface area contributed by atoms with E-state index in [0.29, 0.717) is 32.7 Å². The second-order valence-electron chi connectivity index (χ2n) is 12.7. The van der Waals surface area contributed by atoms with E-state index in [1.54, 1.807) is 6.92 Å². The Bertz CT molecular complexity index is 1190. The smallest absolute Gasteiger partial charge is 0.407 e. The van der Waals surface area contributed by atoms with Crippen LogP contribution in [0.2, 0.25) is 0 Å². The van der Waals surface area contributed by atoms with Gasteiger partial charge >= 0.3 is 18.0 Å². The van der Waals surface area contributed by atoms with E-state index >= 15 is 0 Å². The van der Waals surface area contributed by atoms with Gasteiger partial charge in [-0.05, 0) is 58.6 Å². The number of esters is 2. The number of alkyl carbamates (subject to hydrolysis) is 1. The number of hydrogen-bond acceptors (Lipinski definition) is 9. The first-order valence-corrected chi connectivity index (χ1v) is 16.1. The predicted octanol–water partition coefficient (Wildman–Crippen LogP) is 4.36. The van der Waals surface area contributed by atoms with Crippen LogP contribution in [0.4, 0.5) is 4.79 Å². The molecule has 0 spiro atoms. The summed E-state index contributed by atoms with van der Waals surface area (Å²) in [6, 6.07) is 20.1. The Morgan fingerprint density at radius 1 is 0.778 bits per heavy atom. The van der Waals surface area contributed by atoms with E-state index in [1.165, 1.54) is 11.1 Å². The fourth-order valence-corrected chi connectivity index (χ4v) is 5.65. The molecule has 0 aromatic heterocycles. The molecule has 45 heavy (non-hydrogen) atoms. The Labute approximate surface area is 268 Å². The second kappa shape index (κ2) is 17.9. The molecule has 0 saturated carbocycles. The van der Waals surface area contributed by atoms with Gasteiger partial charge in [-0.3, -0.25) is 19.4 Å². The molecule has 10 nitrogen and oxygen atoms in total. The average Bonchev–Trinajstić information content (AvgIpc) is 2.99. The summed E-state index contributed by atoms with van der Waals surface area (Å²) in [6.07, 6.45) is 1.03. The summed E-state index contributed by atoms with van der Waals surface area (Å²) >= 11 is 0. The minimum absolute atomic E-state index is 0.0777. The van der Waals surface area contributed by atoms with Crippen LogP contribution in [-0.4, -0.2) is 84.9 Å². The maximum atomic E-state index is 12.4. The van der Waals surface area contributed by atoms with Gasteiger partial charge in [0.2, 0.25) is 0 Å². The van der Waals surface area contributed by atoms with Gasteiger partial charge in [0.25, 0.3) is 0 Å². The quantitative estimate of drug-likeness (QED) is 0.309. The van der Waals surface area contributed by atoms with Crippen molar-refractivity contribution in [2.45, 2.75) is 78.2 Å². The summed E-state index contributed by atoms with van der Waals surface area (Å²) in [5, 5.41) is 2.86. The van der Waals surface area contributed by atoms with Gasteiger partial charge in [-0.25, -0.2) is 4.79 Å². The normalized spacial score (nSPS) is 22.4. The number of likely N-dealkylation sites (tertiary alicyclic amines) is 2. The zero-order valence-electron chi connectivity index (χ0n) is 27.6. The molecule has 0 radical (unpaired) electrons. The lowest BCUT2D eigenvalue weighted by molar-refractivity contribution is -0.151. The Morgan fingerprint density at radius 3 is 1.73 bits per heavy atom. The summed E-state index contributed by atoms with van der Waals surface area (Å²) in [4.78, 5) is 40.9. The molecular weight excluding hydrogens is 572 g/mol. The molecular formula is C35H52N4O6. The first-order valence-electron chi connectivity index (χ1n) is 16.1. The highest BCUT2D eigenvalue weighted by Crippen LogP contribution is 2.22.